The number of carbonyl (C=O) groups excluding carboxylic acids is 1. The molecular weight excluding hydrogens is 206 g/mol. The van der Waals surface area contributed by atoms with Gasteiger partial charge >= 0.3 is 6.09 Å². The summed E-state index contributed by atoms with van der Waals surface area (Å²) in [6.07, 6.45) is 2.12. The van der Waals surface area contributed by atoms with Crippen LogP contribution in [0.15, 0.2) is 12.7 Å². The average molecular weight is 227 g/mol. The number of aliphatic hydroxyl groups excluding tert-OH is 1. The van der Waals surface area contributed by atoms with Crippen LogP contribution < -0.4 is 0 Å². The quantitative estimate of drug-likeness (QED) is 0.749. The van der Waals surface area contributed by atoms with E-state index in [1.165, 1.54) is 0 Å². The van der Waals surface area contributed by atoms with Gasteiger partial charge in [0, 0.05) is 6.54 Å². The number of aliphatic hydroxyl groups is 1. The van der Waals surface area contributed by atoms with Crippen LogP contribution in [0, 0.1) is 0 Å². The maximum atomic E-state index is 11.7. The van der Waals surface area contributed by atoms with Crippen molar-refractivity contribution >= 4 is 6.09 Å². The molecular formula is C12H21NO3. The molecule has 4 heteroatoms. The summed E-state index contributed by atoms with van der Waals surface area (Å²) < 4.78 is 5.25. The normalized spacial score (nSPS) is 22.2. The zero-order valence-electron chi connectivity index (χ0n) is 10.3. The van der Waals surface area contributed by atoms with Gasteiger partial charge in [-0.25, -0.2) is 4.79 Å². The highest BCUT2D eigenvalue weighted by Crippen LogP contribution is 2.25. The maximum Gasteiger partial charge on any atom is 0.410 e. The summed E-state index contributed by atoms with van der Waals surface area (Å²) in [5.74, 6) is 0. The highest BCUT2D eigenvalue weighted by Gasteiger charge is 2.38. The summed E-state index contributed by atoms with van der Waals surface area (Å²) in [4.78, 5) is 13.3. The largest absolute Gasteiger partial charge is 0.444 e. The highest BCUT2D eigenvalue weighted by atomic mass is 16.6. The molecule has 1 saturated heterocycles. The van der Waals surface area contributed by atoms with Gasteiger partial charge in [0.1, 0.15) is 5.60 Å². The summed E-state index contributed by atoms with van der Waals surface area (Å²) in [7, 11) is 0. The summed E-state index contributed by atoms with van der Waals surface area (Å²) in [5, 5.41) is 9.77. The molecule has 4 nitrogen and oxygen atoms in total. The molecule has 1 heterocycles. The monoisotopic (exact) mass is 227 g/mol. The zero-order valence-corrected chi connectivity index (χ0v) is 10.3. The van der Waals surface area contributed by atoms with E-state index in [1.807, 2.05) is 20.8 Å². The second-order valence-corrected chi connectivity index (χ2v) is 5.12. The number of carbonyl (C=O) groups is 1. The third-order valence-electron chi connectivity index (χ3n) is 2.55. The minimum atomic E-state index is -0.529. The van der Waals surface area contributed by atoms with Crippen LogP contribution >= 0.6 is 0 Å². The van der Waals surface area contributed by atoms with E-state index in [9.17, 15) is 9.90 Å². The Bertz CT molecular complexity index is 270. The van der Waals surface area contributed by atoms with Crippen molar-refractivity contribution in [3.63, 3.8) is 0 Å². The first kappa shape index (κ1) is 13.0. The fourth-order valence-corrected chi connectivity index (χ4v) is 1.68. The van der Waals surface area contributed by atoms with Gasteiger partial charge in [-0.05, 0) is 33.6 Å². The SMILES string of the molecule is C=CCC(O)C1CCN1C(=O)OC(C)(C)C. The Morgan fingerprint density at radius 3 is 2.69 bits per heavy atom. The summed E-state index contributed by atoms with van der Waals surface area (Å²) in [5.41, 5.74) is -0.486. The lowest BCUT2D eigenvalue weighted by Crippen LogP contribution is -2.57. The van der Waals surface area contributed by atoms with Gasteiger partial charge in [-0.1, -0.05) is 6.08 Å². The molecule has 0 aromatic heterocycles. The second-order valence-electron chi connectivity index (χ2n) is 5.12. The maximum absolute atomic E-state index is 11.7. The lowest BCUT2D eigenvalue weighted by Gasteiger charge is -2.43. The first-order valence-electron chi connectivity index (χ1n) is 5.63. The first-order valence-corrected chi connectivity index (χ1v) is 5.63. The molecule has 0 saturated carbocycles. The molecule has 1 aliphatic rings. The molecule has 0 aliphatic carbocycles. The van der Waals surface area contributed by atoms with E-state index in [0.717, 1.165) is 6.42 Å². The predicted octanol–water partition coefficient (Wildman–Crippen LogP) is 1.93. The minimum absolute atomic E-state index is 0.118. The fourth-order valence-electron chi connectivity index (χ4n) is 1.68. The topological polar surface area (TPSA) is 49.8 Å². The van der Waals surface area contributed by atoms with Gasteiger partial charge < -0.3 is 14.7 Å². The van der Waals surface area contributed by atoms with Crippen molar-refractivity contribution in [3.05, 3.63) is 12.7 Å². The van der Waals surface area contributed by atoms with Crippen LogP contribution in [0.5, 0.6) is 0 Å². The van der Waals surface area contributed by atoms with Gasteiger partial charge in [-0.15, -0.1) is 6.58 Å². The van der Waals surface area contributed by atoms with Crippen LogP contribution in [0.1, 0.15) is 33.6 Å². The van der Waals surface area contributed by atoms with E-state index in [1.54, 1.807) is 11.0 Å². The highest BCUT2D eigenvalue weighted by molar-refractivity contribution is 5.69. The Balaban J connectivity index is 2.49. The Kier molecular flexibility index (Phi) is 3.97. The fraction of sp³-hybridized carbons (Fsp3) is 0.750. The van der Waals surface area contributed by atoms with Gasteiger partial charge in [-0.2, -0.15) is 0 Å². The van der Waals surface area contributed by atoms with E-state index < -0.39 is 11.7 Å². The lowest BCUT2D eigenvalue weighted by atomic mass is 9.96. The van der Waals surface area contributed by atoms with Gasteiger partial charge in [-0.3, -0.25) is 0 Å². The molecule has 1 N–H and O–H groups in total. The van der Waals surface area contributed by atoms with Crippen LogP contribution in [0.4, 0.5) is 4.79 Å². The van der Waals surface area contributed by atoms with Crippen LogP contribution in [0.2, 0.25) is 0 Å². The van der Waals surface area contributed by atoms with Crippen molar-refractivity contribution in [1.29, 1.82) is 0 Å². The molecule has 1 amide bonds. The van der Waals surface area contributed by atoms with Crippen LogP contribution in [0.3, 0.4) is 0 Å². The lowest BCUT2D eigenvalue weighted by molar-refractivity contribution is -0.0391. The summed E-state index contributed by atoms with van der Waals surface area (Å²) in [6, 6.07) is -0.118. The number of rotatable bonds is 3. The van der Waals surface area contributed by atoms with Crippen molar-refractivity contribution in [2.75, 3.05) is 6.54 Å². The predicted molar refractivity (Wildman–Crippen MR) is 62.2 cm³/mol. The third kappa shape index (κ3) is 3.23. The van der Waals surface area contributed by atoms with Gasteiger partial charge in [0.2, 0.25) is 0 Å². The van der Waals surface area contributed by atoms with E-state index in [0.29, 0.717) is 13.0 Å². The van der Waals surface area contributed by atoms with Crippen LogP contribution in [-0.4, -0.2) is 40.4 Å². The first-order chi connectivity index (χ1) is 7.35. The Labute approximate surface area is 96.9 Å². The molecule has 1 fully saturated rings. The molecule has 0 bridgehead atoms. The number of amides is 1. The average Bonchev–Trinajstić information content (AvgIpc) is 1.97. The second kappa shape index (κ2) is 4.87. The molecule has 1 aliphatic heterocycles. The van der Waals surface area contributed by atoms with Crippen molar-refractivity contribution in [3.8, 4) is 0 Å². The molecule has 0 radical (unpaired) electrons. The molecule has 92 valence electrons. The smallest absolute Gasteiger partial charge is 0.410 e. The van der Waals surface area contributed by atoms with E-state index >= 15 is 0 Å². The number of likely N-dealkylation sites (tertiary alicyclic amines) is 1. The number of hydrogen-bond acceptors (Lipinski definition) is 3. The third-order valence-corrected chi connectivity index (χ3v) is 2.55. The van der Waals surface area contributed by atoms with E-state index in [2.05, 4.69) is 6.58 Å². The number of ether oxygens (including phenoxy) is 1. The molecule has 2 atom stereocenters. The van der Waals surface area contributed by atoms with Gasteiger partial charge in [0.15, 0.2) is 0 Å². The minimum Gasteiger partial charge on any atom is -0.444 e. The standard InChI is InChI=1S/C12H21NO3/c1-5-6-10(14)9-7-8-13(9)11(15)16-12(2,3)4/h5,9-10,14H,1,6-8H2,2-4H3. The van der Waals surface area contributed by atoms with Crippen molar-refractivity contribution in [2.45, 2.75) is 51.4 Å². The molecule has 2 unspecified atom stereocenters. The van der Waals surface area contributed by atoms with Gasteiger partial charge in [0.05, 0.1) is 12.1 Å². The molecule has 1 rings (SSSR count). The van der Waals surface area contributed by atoms with E-state index in [-0.39, 0.29) is 12.1 Å². The summed E-state index contributed by atoms with van der Waals surface area (Å²) in [6.45, 7) is 9.74. The Morgan fingerprint density at radius 1 is 1.69 bits per heavy atom. The number of hydrogen-bond donors (Lipinski definition) is 1. The van der Waals surface area contributed by atoms with Crippen LogP contribution in [-0.2, 0) is 4.74 Å². The molecule has 0 aromatic rings. The van der Waals surface area contributed by atoms with Crippen LogP contribution in [0.25, 0.3) is 0 Å². The Hall–Kier alpha value is -1.03. The molecule has 0 spiro atoms. The van der Waals surface area contributed by atoms with Crippen molar-refractivity contribution < 1.29 is 14.6 Å². The number of nitrogens with zero attached hydrogens (tertiary/aromatic N) is 1. The Morgan fingerprint density at radius 2 is 2.31 bits per heavy atom. The molecule has 16 heavy (non-hydrogen) atoms. The zero-order chi connectivity index (χ0) is 12.3. The van der Waals surface area contributed by atoms with Crippen molar-refractivity contribution in [1.82, 2.24) is 4.90 Å². The van der Waals surface area contributed by atoms with Crippen molar-refractivity contribution in [2.24, 2.45) is 0 Å². The molecule has 0 aromatic carbocycles. The van der Waals surface area contributed by atoms with Gasteiger partial charge in [0.25, 0.3) is 0 Å². The summed E-state index contributed by atoms with van der Waals surface area (Å²) >= 11 is 0. The van der Waals surface area contributed by atoms with E-state index in [4.69, 9.17) is 4.74 Å².